The minimum Gasteiger partial charge on any atom is -0.353 e. The Kier molecular flexibility index (Phi) is 6.61. The molecule has 0 saturated carbocycles. The summed E-state index contributed by atoms with van der Waals surface area (Å²) in [6.07, 6.45) is 2.41. The van der Waals surface area contributed by atoms with E-state index in [0.29, 0.717) is 6.42 Å². The van der Waals surface area contributed by atoms with Gasteiger partial charge in [0.05, 0.1) is 0 Å². The maximum atomic E-state index is 12.6. The van der Waals surface area contributed by atoms with Crippen molar-refractivity contribution in [2.24, 2.45) is 0 Å². The van der Waals surface area contributed by atoms with E-state index in [1.165, 1.54) is 5.56 Å². The molecule has 0 aliphatic carbocycles. The zero-order valence-corrected chi connectivity index (χ0v) is 15.6. The highest BCUT2D eigenvalue weighted by molar-refractivity contribution is 5.76. The van der Waals surface area contributed by atoms with Gasteiger partial charge in [-0.3, -0.25) is 9.69 Å². The van der Waals surface area contributed by atoms with Gasteiger partial charge < -0.3 is 9.80 Å². The fraction of sp³-hybridized carbons (Fsp3) is 0.429. The third-order valence-corrected chi connectivity index (χ3v) is 4.94. The lowest BCUT2D eigenvalue weighted by Crippen LogP contribution is -2.49. The van der Waals surface area contributed by atoms with Gasteiger partial charge in [-0.05, 0) is 24.2 Å². The number of aromatic nitrogens is 1. The topological polar surface area (TPSA) is 39.7 Å². The van der Waals surface area contributed by atoms with E-state index in [4.69, 9.17) is 0 Å². The number of nitrogens with zero attached hydrogens (tertiary/aromatic N) is 4. The number of pyridine rings is 1. The summed E-state index contributed by atoms with van der Waals surface area (Å²) < 4.78 is 0. The molecule has 138 valence electrons. The van der Waals surface area contributed by atoms with E-state index in [1.54, 1.807) is 0 Å². The van der Waals surface area contributed by atoms with E-state index >= 15 is 0 Å². The van der Waals surface area contributed by atoms with Crippen LogP contribution in [0.3, 0.4) is 0 Å². The van der Waals surface area contributed by atoms with Gasteiger partial charge in [-0.2, -0.15) is 0 Å². The molecular weight excluding hydrogens is 324 g/mol. The zero-order valence-electron chi connectivity index (χ0n) is 15.6. The molecule has 0 radical (unpaired) electrons. The Balaban J connectivity index is 1.43. The molecule has 2 aromatic rings. The highest BCUT2D eigenvalue weighted by Crippen LogP contribution is 2.13. The molecule has 1 aromatic carbocycles. The van der Waals surface area contributed by atoms with Crippen molar-refractivity contribution in [2.75, 3.05) is 44.2 Å². The average molecular weight is 352 g/mol. The summed E-state index contributed by atoms with van der Waals surface area (Å²) in [4.78, 5) is 23.6. The number of anilines is 1. The second-order valence-corrected chi connectivity index (χ2v) is 6.66. The first-order valence-electron chi connectivity index (χ1n) is 9.46. The predicted molar refractivity (Wildman–Crippen MR) is 105 cm³/mol. The van der Waals surface area contributed by atoms with Gasteiger partial charge in [0.2, 0.25) is 5.91 Å². The second kappa shape index (κ2) is 9.34. The van der Waals surface area contributed by atoms with Crippen LogP contribution in [0.1, 0.15) is 18.9 Å². The van der Waals surface area contributed by atoms with Crippen molar-refractivity contribution in [1.82, 2.24) is 14.8 Å². The summed E-state index contributed by atoms with van der Waals surface area (Å²) in [6.45, 7) is 8.08. The van der Waals surface area contributed by atoms with Gasteiger partial charge in [-0.25, -0.2) is 4.98 Å². The number of hydrogen-bond donors (Lipinski definition) is 0. The first-order valence-corrected chi connectivity index (χ1v) is 9.46. The molecule has 1 fully saturated rings. The van der Waals surface area contributed by atoms with E-state index in [9.17, 15) is 4.79 Å². The van der Waals surface area contributed by atoms with E-state index in [0.717, 1.165) is 51.6 Å². The van der Waals surface area contributed by atoms with E-state index in [2.05, 4.69) is 46.0 Å². The number of hydrogen-bond acceptors (Lipinski definition) is 4. The Labute approximate surface area is 156 Å². The Bertz CT molecular complexity index is 669. The molecule has 3 rings (SSSR count). The highest BCUT2D eigenvalue weighted by Gasteiger charge is 2.21. The lowest BCUT2D eigenvalue weighted by atomic mass is 10.2. The molecule has 1 aromatic heterocycles. The summed E-state index contributed by atoms with van der Waals surface area (Å²) in [6, 6.07) is 16.4. The van der Waals surface area contributed by atoms with Crippen LogP contribution in [-0.4, -0.2) is 60.0 Å². The van der Waals surface area contributed by atoms with Crippen molar-refractivity contribution in [1.29, 1.82) is 0 Å². The Morgan fingerprint density at radius 3 is 2.42 bits per heavy atom. The minimum absolute atomic E-state index is 0.261. The van der Waals surface area contributed by atoms with Crippen molar-refractivity contribution in [3.8, 4) is 0 Å². The minimum atomic E-state index is 0.261. The van der Waals surface area contributed by atoms with Gasteiger partial charge in [0.1, 0.15) is 5.82 Å². The number of carbonyl (C=O) groups is 1. The first kappa shape index (κ1) is 18.4. The van der Waals surface area contributed by atoms with Gasteiger partial charge in [-0.15, -0.1) is 0 Å². The van der Waals surface area contributed by atoms with Crippen LogP contribution in [0, 0.1) is 0 Å². The number of rotatable bonds is 7. The Hall–Kier alpha value is -2.40. The molecule has 2 heterocycles. The second-order valence-electron chi connectivity index (χ2n) is 6.66. The standard InChI is InChI=1S/C21H28N4O/c1-2-23(18-19-8-4-3-5-9-19)13-11-21(26)25-16-14-24(15-17-25)20-10-6-7-12-22-20/h3-10,12H,2,11,13-18H2,1H3. The SMILES string of the molecule is CCN(CCC(=O)N1CCN(c2ccccn2)CC1)Cc1ccccc1. The smallest absolute Gasteiger partial charge is 0.223 e. The number of carbonyl (C=O) groups excluding carboxylic acids is 1. The van der Waals surface area contributed by atoms with Gasteiger partial charge in [0.15, 0.2) is 0 Å². The number of benzene rings is 1. The zero-order chi connectivity index (χ0) is 18.2. The highest BCUT2D eigenvalue weighted by atomic mass is 16.2. The predicted octanol–water partition coefficient (Wildman–Crippen LogP) is 2.64. The first-order chi connectivity index (χ1) is 12.8. The van der Waals surface area contributed by atoms with E-state index in [1.807, 2.05) is 35.4 Å². The lowest BCUT2D eigenvalue weighted by Gasteiger charge is -2.35. The van der Waals surface area contributed by atoms with Crippen molar-refractivity contribution >= 4 is 11.7 Å². The van der Waals surface area contributed by atoms with Crippen LogP contribution in [0.25, 0.3) is 0 Å². The van der Waals surface area contributed by atoms with Crippen LogP contribution in [0.5, 0.6) is 0 Å². The summed E-state index contributed by atoms with van der Waals surface area (Å²) in [5.41, 5.74) is 1.30. The molecule has 1 saturated heterocycles. The monoisotopic (exact) mass is 352 g/mol. The van der Waals surface area contributed by atoms with E-state index in [-0.39, 0.29) is 5.91 Å². The molecule has 5 heteroatoms. The number of piperazine rings is 1. The molecule has 26 heavy (non-hydrogen) atoms. The molecule has 1 amide bonds. The van der Waals surface area contributed by atoms with Crippen molar-refractivity contribution in [2.45, 2.75) is 19.9 Å². The third-order valence-electron chi connectivity index (χ3n) is 4.94. The van der Waals surface area contributed by atoms with Gasteiger partial charge in [-0.1, -0.05) is 43.3 Å². The van der Waals surface area contributed by atoms with Crippen LogP contribution >= 0.6 is 0 Å². The fourth-order valence-electron chi connectivity index (χ4n) is 3.33. The molecule has 0 unspecified atom stereocenters. The Morgan fingerprint density at radius 1 is 1.04 bits per heavy atom. The quantitative estimate of drug-likeness (QED) is 0.768. The summed E-state index contributed by atoms with van der Waals surface area (Å²) >= 11 is 0. The van der Waals surface area contributed by atoms with Crippen LogP contribution in [0.2, 0.25) is 0 Å². The van der Waals surface area contributed by atoms with Gasteiger partial charge in [0.25, 0.3) is 0 Å². The molecule has 1 aliphatic heterocycles. The summed E-state index contributed by atoms with van der Waals surface area (Å²) in [7, 11) is 0. The molecule has 0 atom stereocenters. The normalized spacial score (nSPS) is 14.7. The van der Waals surface area contributed by atoms with Crippen molar-refractivity contribution < 1.29 is 4.79 Å². The summed E-state index contributed by atoms with van der Waals surface area (Å²) in [5, 5.41) is 0. The van der Waals surface area contributed by atoms with Crippen LogP contribution in [0.15, 0.2) is 54.7 Å². The van der Waals surface area contributed by atoms with Crippen LogP contribution < -0.4 is 4.90 Å². The molecule has 0 N–H and O–H groups in total. The number of amides is 1. The maximum absolute atomic E-state index is 12.6. The van der Waals surface area contributed by atoms with Crippen LogP contribution in [-0.2, 0) is 11.3 Å². The fourth-order valence-corrected chi connectivity index (χ4v) is 3.33. The van der Waals surface area contributed by atoms with Gasteiger partial charge in [0, 0.05) is 51.9 Å². The molecule has 1 aliphatic rings. The molecular formula is C21H28N4O. The average Bonchev–Trinajstić information content (AvgIpc) is 2.72. The largest absolute Gasteiger partial charge is 0.353 e. The molecule has 0 bridgehead atoms. The van der Waals surface area contributed by atoms with E-state index < -0.39 is 0 Å². The van der Waals surface area contributed by atoms with Crippen molar-refractivity contribution in [3.05, 3.63) is 60.3 Å². The molecule has 0 spiro atoms. The van der Waals surface area contributed by atoms with Crippen molar-refractivity contribution in [3.63, 3.8) is 0 Å². The van der Waals surface area contributed by atoms with Gasteiger partial charge >= 0.3 is 0 Å². The maximum Gasteiger partial charge on any atom is 0.223 e. The molecule has 5 nitrogen and oxygen atoms in total. The Morgan fingerprint density at radius 2 is 1.77 bits per heavy atom. The van der Waals surface area contributed by atoms with Crippen LogP contribution in [0.4, 0.5) is 5.82 Å². The third kappa shape index (κ3) is 5.05. The summed E-state index contributed by atoms with van der Waals surface area (Å²) in [5.74, 6) is 1.26. The lowest BCUT2D eigenvalue weighted by molar-refractivity contribution is -0.131.